The van der Waals surface area contributed by atoms with Crippen LogP contribution in [0.2, 0.25) is 0 Å². The Hall–Kier alpha value is -1.93. The smallest absolute Gasteiger partial charge is 0.246 e. The number of likely N-dealkylation sites (N-methyl/N-ethyl adjacent to an activating group) is 1. The molecule has 6 aliphatic rings. The van der Waals surface area contributed by atoms with Crippen LogP contribution in [0.3, 0.4) is 0 Å². The minimum Gasteiger partial charge on any atom is -0.348 e. The average Bonchev–Trinajstić information content (AvgIpc) is 3.51. The van der Waals surface area contributed by atoms with Gasteiger partial charge in [-0.2, -0.15) is 5.26 Å². The number of benzene rings is 1. The quantitative estimate of drug-likeness (QED) is 0.341. The molecule has 6 unspecified atom stereocenters. The fourth-order valence-corrected chi connectivity index (χ4v) is 12.4. The highest BCUT2D eigenvalue weighted by atomic mass is 32.2. The number of carbonyl (C=O) groups excluding carboxylic acids is 1. The second kappa shape index (κ2) is 15.4. The molecule has 2 aliphatic carbocycles. The van der Waals surface area contributed by atoms with E-state index in [4.69, 9.17) is 4.74 Å². The summed E-state index contributed by atoms with van der Waals surface area (Å²) in [5, 5.41) is 18.2. The molecule has 0 bridgehead atoms. The van der Waals surface area contributed by atoms with Gasteiger partial charge in [0.15, 0.2) is 6.35 Å². The van der Waals surface area contributed by atoms with Crippen LogP contribution in [0.4, 0.5) is 0 Å². The van der Waals surface area contributed by atoms with Crippen LogP contribution in [-0.4, -0.2) is 95.3 Å². The normalized spacial score (nSPS) is 36.3. The maximum absolute atomic E-state index is 12.9. The third kappa shape index (κ3) is 7.25. The number of hydrogen-bond acceptors (Lipinski definition) is 8. The van der Waals surface area contributed by atoms with Crippen LogP contribution in [0.1, 0.15) is 100 Å². The molecule has 1 aromatic rings. The molecular weight excluding hydrogens is 629 g/mol. The molecule has 2 saturated carbocycles. The van der Waals surface area contributed by atoms with Crippen molar-refractivity contribution in [1.82, 2.24) is 25.3 Å². The van der Waals surface area contributed by atoms with Gasteiger partial charge in [-0.15, -0.1) is 11.8 Å². The van der Waals surface area contributed by atoms with Crippen LogP contribution >= 0.6 is 11.8 Å². The molecule has 4 heterocycles. The van der Waals surface area contributed by atoms with Crippen molar-refractivity contribution >= 4 is 17.7 Å². The van der Waals surface area contributed by atoms with Gasteiger partial charge in [0.05, 0.1) is 31.3 Å². The molecule has 8 nitrogen and oxygen atoms in total. The summed E-state index contributed by atoms with van der Waals surface area (Å²) in [5.74, 6) is 2.05. The molecule has 2 N–H and O–H groups in total. The first-order valence-corrected chi connectivity index (χ1v) is 20.4. The number of rotatable bonds is 7. The van der Waals surface area contributed by atoms with Crippen molar-refractivity contribution in [1.29, 1.82) is 5.26 Å². The van der Waals surface area contributed by atoms with Gasteiger partial charge in [0.25, 0.3) is 0 Å². The maximum Gasteiger partial charge on any atom is 0.246 e. The first-order chi connectivity index (χ1) is 23.8. The number of piperazine rings is 1. The Balaban J connectivity index is 1.25. The highest BCUT2D eigenvalue weighted by Crippen LogP contribution is 2.57. The standard InChI is InChI=1S/C40H60N6O2S/c1-4-36(47)46-23-22-45(25-32(46)18-20-41)37-35-17-19-39(24-34-29(2)12-10-13-30(34)27-49-39)28-40(35,31-14-8-6-5-7-9-15-31)43-38(42-37)48-26-33-16-11-21-44(33)3/h4,10,12-13,31-33,35,37-38,42-43H,1,5-9,11,14-19,21-28H2,2-3H3/t32?,33?,35?,37?,38?,39-,40?/m0/s1. The van der Waals surface area contributed by atoms with Crippen LogP contribution < -0.4 is 10.6 Å². The minimum absolute atomic E-state index is 0.0519. The molecule has 7 atom stereocenters. The van der Waals surface area contributed by atoms with Crippen molar-refractivity contribution in [2.24, 2.45) is 11.8 Å². The molecular formula is C40H60N6O2S. The molecule has 1 amide bonds. The lowest BCUT2D eigenvalue weighted by Crippen LogP contribution is -2.79. The number of fused-ring (bicyclic) bond motifs is 2. The van der Waals surface area contributed by atoms with Crippen LogP contribution in [0, 0.1) is 30.1 Å². The number of nitrogens with zero attached hydrogens (tertiary/aromatic N) is 4. The lowest BCUT2D eigenvalue weighted by molar-refractivity contribution is -0.155. The Morgan fingerprint density at radius 2 is 1.92 bits per heavy atom. The third-order valence-corrected chi connectivity index (χ3v) is 15.0. The fraction of sp³-hybridized carbons (Fsp3) is 0.750. The van der Waals surface area contributed by atoms with Crippen LogP contribution in [-0.2, 0) is 21.7 Å². The molecule has 0 radical (unpaired) electrons. The number of nitrogens with one attached hydrogen (secondary N) is 2. The summed E-state index contributed by atoms with van der Waals surface area (Å²) in [7, 11) is 2.24. The Kier molecular flexibility index (Phi) is 11.1. The van der Waals surface area contributed by atoms with Gasteiger partial charge in [-0.05, 0) is 101 Å². The highest BCUT2D eigenvalue weighted by molar-refractivity contribution is 8.00. The van der Waals surface area contributed by atoms with E-state index in [0.29, 0.717) is 37.4 Å². The van der Waals surface area contributed by atoms with Crippen LogP contribution in [0.5, 0.6) is 0 Å². The first kappa shape index (κ1) is 35.5. The van der Waals surface area contributed by atoms with E-state index >= 15 is 0 Å². The zero-order chi connectivity index (χ0) is 34.0. The van der Waals surface area contributed by atoms with E-state index in [2.05, 4.69) is 77.0 Å². The molecule has 49 heavy (non-hydrogen) atoms. The zero-order valence-electron chi connectivity index (χ0n) is 30.1. The van der Waals surface area contributed by atoms with E-state index < -0.39 is 0 Å². The molecule has 4 aliphatic heterocycles. The summed E-state index contributed by atoms with van der Waals surface area (Å²) in [6.07, 6.45) is 18.0. The summed E-state index contributed by atoms with van der Waals surface area (Å²) in [6, 6.07) is 9.63. The summed E-state index contributed by atoms with van der Waals surface area (Å²) in [6.45, 7) is 10.1. The van der Waals surface area contributed by atoms with Gasteiger partial charge < -0.3 is 14.5 Å². The fourth-order valence-electron chi connectivity index (χ4n) is 10.8. The van der Waals surface area contributed by atoms with E-state index in [1.165, 1.54) is 94.3 Å². The van der Waals surface area contributed by atoms with Crippen molar-refractivity contribution in [3.05, 3.63) is 47.5 Å². The van der Waals surface area contributed by atoms with Crippen LogP contribution in [0.25, 0.3) is 0 Å². The summed E-state index contributed by atoms with van der Waals surface area (Å²) >= 11 is 2.24. The second-order valence-electron chi connectivity index (χ2n) is 16.3. The molecule has 1 spiro atoms. The van der Waals surface area contributed by atoms with Gasteiger partial charge in [0, 0.05) is 47.6 Å². The first-order valence-electron chi connectivity index (χ1n) is 19.5. The van der Waals surface area contributed by atoms with Crippen molar-refractivity contribution in [3.8, 4) is 6.07 Å². The number of thioether (sulfide) groups is 1. The Morgan fingerprint density at radius 3 is 2.67 bits per heavy atom. The van der Waals surface area contributed by atoms with Gasteiger partial charge in [0.2, 0.25) is 5.91 Å². The Bertz CT molecular complexity index is 1380. The highest BCUT2D eigenvalue weighted by Gasteiger charge is 2.60. The number of likely N-dealkylation sites (tertiary alicyclic amines) is 1. The topological polar surface area (TPSA) is 83.9 Å². The van der Waals surface area contributed by atoms with E-state index in [0.717, 1.165) is 31.9 Å². The Labute approximate surface area is 299 Å². The Morgan fingerprint density at radius 1 is 1.10 bits per heavy atom. The van der Waals surface area contributed by atoms with E-state index in [1.54, 1.807) is 5.56 Å². The largest absolute Gasteiger partial charge is 0.348 e. The predicted octanol–water partition coefficient (Wildman–Crippen LogP) is 5.95. The predicted molar refractivity (Wildman–Crippen MR) is 198 cm³/mol. The lowest BCUT2D eigenvalue weighted by Gasteiger charge is -2.64. The number of amides is 1. The maximum atomic E-state index is 12.9. The van der Waals surface area contributed by atoms with Gasteiger partial charge >= 0.3 is 0 Å². The molecule has 268 valence electrons. The molecule has 3 saturated heterocycles. The number of hydrogen-bond donors (Lipinski definition) is 2. The van der Waals surface area contributed by atoms with Gasteiger partial charge in [-0.25, -0.2) is 0 Å². The number of carbonyl (C=O) groups is 1. The van der Waals surface area contributed by atoms with Crippen LogP contribution in [0.15, 0.2) is 30.9 Å². The number of nitriles is 1. The molecule has 5 fully saturated rings. The van der Waals surface area contributed by atoms with E-state index in [1.807, 2.05) is 4.90 Å². The van der Waals surface area contributed by atoms with E-state index in [9.17, 15) is 10.1 Å². The van der Waals surface area contributed by atoms with Gasteiger partial charge in [0.1, 0.15) is 0 Å². The molecule has 9 heteroatoms. The average molecular weight is 689 g/mol. The number of ether oxygens (including phenoxy) is 1. The van der Waals surface area contributed by atoms with Crippen molar-refractivity contribution in [2.75, 3.05) is 39.8 Å². The van der Waals surface area contributed by atoms with Gasteiger partial charge in [-0.1, -0.05) is 56.9 Å². The van der Waals surface area contributed by atoms with Crippen molar-refractivity contribution < 1.29 is 9.53 Å². The van der Waals surface area contributed by atoms with E-state index in [-0.39, 0.29) is 34.8 Å². The summed E-state index contributed by atoms with van der Waals surface area (Å²) in [5.41, 5.74) is 4.53. The molecule has 1 aromatic carbocycles. The third-order valence-electron chi connectivity index (χ3n) is 13.5. The zero-order valence-corrected chi connectivity index (χ0v) is 31.0. The number of aryl methyl sites for hydroxylation is 1. The minimum atomic E-state index is -0.235. The monoisotopic (exact) mass is 688 g/mol. The molecule has 0 aromatic heterocycles. The van der Waals surface area contributed by atoms with Crippen molar-refractivity contribution in [3.63, 3.8) is 0 Å². The summed E-state index contributed by atoms with van der Waals surface area (Å²) < 4.78 is 7.16. The summed E-state index contributed by atoms with van der Waals surface area (Å²) in [4.78, 5) is 19.8. The SMILES string of the molecule is C=CC(=O)N1CCN(C2NC(OCC3CCCN3C)NC3(C4CCCCCCC4)C[C@]4(CCC23)Cc2c(C)cccc2CS4)CC1CC#N. The van der Waals surface area contributed by atoms with Crippen molar-refractivity contribution in [2.45, 2.75) is 137 Å². The van der Waals surface area contributed by atoms with Gasteiger partial charge in [-0.3, -0.25) is 20.3 Å². The second-order valence-corrected chi connectivity index (χ2v) is 17.7. The lowest BCUT2D eigenvalue weighted by atomic mass is 9.57. The molecule has 7 rings (SSSR count).